The van der Waals surface area contributed by atoms with Gasteiger partial charge in [-0.3, -0.25) is 14.2 Å². The Hall–Kier alpha value is -4.74. The standard InChI is InChI=1S/C33H30N6O3S2/c1-22-14-16-23(17-15-22)27-19-26(29-13-8-18-43-29)37-39(27)31(40)21-44-33-36-35-30(38(33)24-9-4-3-5-10-24)20-34-32(41)25-11-6-7-12-28(25)42-2/h3-18,27H,19-21H2,1-2H3,(H,34,41). The van der Waals surface area contributed by atoms with Crippen LogP contribution >= 0.6 is 23.1 Å². The van der Waals surface area contributed by atoms with Crippen LogP contribution in [-0.2, 0) is 11.3 Å². The molecule has 0 fully saturated rings. The van der Waals surface area contributed by atoms with Crippen molar-refractivity contribution in [3.05, 3.63) is 124 Å². The molecule has 1 unspecified atom stereocenters. The van der Waals surface area contributed by atoms with E-state index >= 15 is 0 Å². The van der Waals surface area contributed by atoms with Gasteiger partial charge < -0.3 is 10.1 Å². The fourth-order valence-corrected chi connectivity index (χ4v) is 6.55. The molecule has 0 saturated heterocycles. The molecule has 5 aromatic rings. The summed E-state index contributed by atoms with van der Waals surface area (Å²) in [6.07, 6.45) is 0.649. The average Bonchev–Trinajstić information content (AvgIpc) is 3.83. The zero-order chi connectivity index (χ0) is 30.5. The van der Waals surface area contributed by atoms with E-state index in [2.05, 4.69) is 39.8 Å². The van der Waals surface area contributed by atoms with Crippen LogP contribution in [-0.4, -0.2) is 50.2 Å². The number of aromatic nitrogens is 3. The molecule has 3 aromatic carbocycles. The Labute approximate surface area is 263 Å². The molecule has 0 saturated carbocycles. The minimum absolute atomic E-state index is 0.113. The molecule has 1 N–H and O–H groups in total. The van der Waals surface area contributed by atoms with Crippen molar-refractivity contribution < 1.29 is 14.3 Å². The molecular weight excluding hydrogens is 593 g/mol. The van der Waals surface area contributed by atoms with Crippen LogP contribution < -0.4 is 10.1 Å². The smallest absolute Gasteiger partial charge is 0.255 e. The molecule has 1 atom stereocenters. The Balaban J connectivity index is 1.22. The summed E-state index contributed by atoms with van der Waals surface area (Å²) in [5.41, 5.74) is 4.37. The third-order valence-corrected chi connectivity index (χ3v) is 9.06. The molecule has 6 rings (SSSR count). The van der Waals surface area contributed by atoms with Crippen LogP contribution in [0.2, 0.25) is 0 Å². The number of nitrogens with zero attached hydrogens (tertiary/aromatic N) is 5. The van der Waals surface area contributed by atoms with Crippen molar-refractivity contribution in [3.63, 3.8) is 0 Å². The van der Waals surface area contributed by atoms with Gasteiger partial charge in [0.25, 0.3) is 11.8 Å². The van der Waals surface area contributed by atoms with Crippen LogP contribution in [0, 0.1) is 6.92 Å². The molecule has 1 aliphatic rings. The minimum atomic E-state index is -0.287. The fourth-order valence-electron chi connectivity index (χ4n) is 5.00. The second kappa shape index (κ2) is 13.3. The van der Waals surface area contributed by atoms with Gasteiger partial charge in [-0.2, -0.15) is 5.10 Å². The Morgan fingerprint density at radius 1 is 0.977 bits per heavy atom. The molecule has 44 heavy (non-hydrogen) atoms. The predicted molar refractivity (Wildman–Crippen MR) is 172 cm³/mol. The number of hydrogen-bond acceptors (Lipinski definition) is 8. The van der Waals surface area contributed by atoms with E-state index in [0.717, 1.165) is 27.4 Å². The highest BCUT2D eigenvalue weighted by atomic mass is 32.2. The van der Waals surface area contributed by atoms with Crippen LogP contribution in [0.5, 0.6) is 5.75 Å². The number of carbonyl (C=O) groups is 2. The molecular formula is C33H30N6O3S2. The molecule has 1 aliphatic heterocycles. The van der Waals surface area contributed by atoms with Gasteiger partial charge in [0, 0.05) is 12.1 Å². The predicted octanol–water partition coefficient (Wildman–Crippen LogP) is 6.05. The van der Waals surface area contributed by atoms with Crippen molar-refractivity contribution in [1.29, 1.82) is 0 Å². The van der Waals surface area contributed by atoms with Crippen LogP contribution in [0.4, 0.5) is 0 Å². The lowest BCUT2D eigenvalue weighted by Crippen LogP contribution is -2.28. The first-order chi connectivity index (χ1) is 21.5. The van der Waals surface area contributed by atoms with Crippen molar-refractivity contribution in [2.45, 2.75) is 31.1 Å². The molecule has 3 heterocycles. The number of para-hydroxylation sites is 2. The maximum absolute atomic E-state index is 13.7. The number of hydrogen-bond donors (Lipinski definition) is 1. The zero-order valence-electron chi connectivity index (χ0n) is 24.2. The van der Waals surface area contributed by atoms with Crippen LogP contribution in [0.15, 0.2) is 107 Å². The van der Waals surface area contributed by atoms with Gasteiger partial charge in [-0.05, 0) is 48.2 Å². The van der Waals surface area contributed by atoms with Crippen LogP contribution in [0.1, 0.15) is 44.6 Å². The molecule has 2 aromatic heterocycles. The highest BCUT2D eigenvalue weighted by molar-refractivity contribution is 7.99. The monoisotopic (exact) mass is 622 g/mol. The lowest BCUT2D eigenvalue weighted by atomic mass is 10.00. The fraction of sp³-hybridized carbons (Fsp3) is 0.182. The Bertz CT molecular complexity index is 1790. The average molecular weight is 623 g/mol. The number of amides is 2. The summed E-state index contributed by atoms with van der Waals surface area (Å²) in [4.78, 5) is 27.8. The second-order valence-electron chi connectivity index (χ2n) is 10.1. The quantitative estimate of drug-likeness (QED) is 0.191. The van der Waals surface area contributed by atoms with Gasteiger partial charge in [0.15, 0.2) is 11.0 Å². The number of thioether (sulfide) groups is 1. The Kier molecular flexibility index (Phi) is 8.85. The van der Waals surface area contributed by atoms with Crippen LogP contribution in [0.3, 0.4) is 0 Å². The first-order valence-electron chi connectivity index (χ1n) is 14.1. The molecule has 0 aliphatic carbocycles. The van der Waals surface area contributed by atoms with Crippen molar-refractivity contribution in [1.82, 2.24) is 25.1 Å². The van der Waals surface area contributed by atoms with E-state index in [0.29, 0.717) is 28.7 Å². The lowest BCUT2D eigenvalue weighted by Gasteiger charge is -2.22. The third-order valence-electron chi connectivity index (χ3n) is 7.23. The molecule has 2 amide bonds. The van der Waals surface area contributed by atoms with Gasteiger partial charge in [-0.25, -0.2) is 5.01 Å². The number of rotatable bonds is 10. The molecule has 9 nitrogen and oxygen atoms in total. The molecule has 0 bridgehead atoms. The normalized spacial score (nSPS) is 14.4. The number of benzene rings is 3. The SMILES string of the molecule is COc1ccccc1C(=O)NCc1nnc(SCC(=O)N2N=C(c3cccs3)CC2c2ccc(C)cc2)n1-c1ccccc1. The number of thiophene rings is 1. The molecule has 222 valence electrons. The highest BCUT2D eigenvalue weighted by Crippen LogP contribution is 2.35. The summed E-state index contributed by atoms with van der Waals surface area (Å²) < 4.78 is 7.20. The molecule has 0 radical (unpaired) electrons. The van der Waals surface area contributed by atoms with Crippen molar-refractivity contribution in [2.75, 3.05) is 12.9 Å². The van der Waals surface area contributed by atoms with Gasteiger partial charge in [-0.15, -0.1) is 21.5 Å². The first kappa shape index (κ1) is 29.3. The van der Waals surface area contributed by atoms with E-state index in [1.165, 1.54) is 18.9 Å². The molecule has 0 spiro atoms. The summed E-state index contributed by atoms with van der Waals surface area (Å²) in [5.74, 6) is 0.721. The van der Waals surface area contributed by atoms with E-state index in [4.69, 9.17) is 9.84 Å². The summed E-state index contributed by atoms with van der Waals surface area (Å²) in [6, 6.07) is 28.8. The van der Waals surface area contributed by atoms with E-state index in [1.54, 1.807) is 34.5 Å². The van der Waals surface area contributed by atoms with E-state index < -0.39 is 0 Å². The summed E-state index contributed by atoms with van der Waals surface area (Å²) in [6.45, 7) is 2.18. The number of hydrazone groups is 1. The summed E-state index contributed by atoms with van der Waals surface area (Å²) in [7, 11) is 1.53. The van der Waals surface area contributed by atoms with E-state index in [-0.39, 0.29) is 30.2 Å². The number of carbonyl (C=O) groups excluding carboxylic acids is 2. The van der Waals surface area contributed by atoms with Gasteiger partial charge in [0.05, 0.1) is 41.6 Å². The first-order valence-corrected chi connectivity index (χ1v) is 15.9. The Morgan fingerprint density at radius 2 is 1.75 bits per heavy atom. The van der Waals surface area contributed by atoms with Gasteiger partial charge in [-0.1, -0.05) is 78.0 Å². The highest BCUT2D eigenvalue weighted by Gasteiger charge is 2.33. The lowest BCUT2D eigenvalue weighted by molar-refractivity contribution is -0.130. The van der Waals surface area contributed by atoms with Crippen molar-refractivity contribution in [3.8, 4) is 11.4 Å². The Morgan fingerprint density at radius 3 is 2.50 bits per heavy atom. The minimum Gasteiger partial charge on any atom is -0.496 e. The van der Waals surface area contributed by atoms with Crippen molar-refractivity contribution >= 4 is 40.6 Å². The zero-order valence-corrected chi connectivity index (χ0v) is 25.8. The number of ether oxygens (including phenoxy) is 1. The topological polar surface area (TPSA) is 102 Å². The molecule has 11 heteroatoms. The van der Waals surface area contributed by atoms with Crippen molar-refractivity contribution in [2.24, 2.45) is 5.10 Å². The van der Waals surface area contributed by atoms with E-state index in [1.807, 2.05) is 65.4 Å². The van der Waals surface area contributed by atoms with Gasteiger partial charge in [0.1, 0.15) is 5.75 Å². The van der Waals surface area contributed by atoms with E-state index in [9.17, 15) is 9.59 Å². The van der Waals surface area contributed by atoms with Crippen LogP contribution in [0.25, 0.3) is 5.69 Å². The summed E-state index contributed by atoms with van der Waals surface area (Å²) >= 11 is 2.91. The number of aryl methyl sites for hydroxylation is 1. The largest absolute Gasteiger partial charge is 0.496 e. The number of methoxy groups -OCH3 is 1. The summed E-state index contributed by atoms with van der Waals surface area (Å²) in [5, 5.41) is 20.7. The maximum atomic E-state index is 13.7. The van der Waals surface area contributed by atoms with Gasteiger partial charge >= 0.3 is 0 Å². The number of nitrogens with one attached hydrogen (secondary N) is 1. The second-order valence-corrected chi connectivity index (χ2v) is 12.0. The third kappa shape index (κ3) is 6.29. The van der Waals surface area contributed by atoms with Gasteiger partial charge in [0.2, 0.25) is 0 Å². The maximum Gasteiger partial charge on any atom is 0.255 e.